The van der Waals surface area contributed by atoms with Crippen molar-refractivity contribution in [1.29, 1.82) is 0 Å². The van der Waals surface area contributed by atoms with Crippen LogP contribution in [0.1, 0.15) is 40.2 Å². The first kappa shape index (κ1) is 29.7. The summed E-state index contributed by atoms with van der Waals surface area (Å²) in [5.74, 6) is -2.94. The van der Waals surface area contributed by atoms with Crippen molar-refractivity contribution in [2.24, 2.45) is 0 Å². The summed E-state index contributed by atoms with van der Waals surface area (Å²) in [5, 5.41) is 14.9. The SMILES string of the molecule is COC(C)(C(=O)O)C(NS(=O)(=O)c1ccc(NC(C)=O)cc1OCc1ccccc1)C(=O)NC(C)(C)C. The molecular formula is C25H33N3O8S. The topological polar surface area (TPSA) is 160 Å². The van der Waals surface area contributed by atoms with Crippen LogP contribution in [0.2, 0.25) is 0 Å². The molecule has 11 nitrogen and oxygen atoms in total. The molecule has 202 valence electrons. The number of hydrogen-bond acceptors (Lipinski definition) is 7. The molecule has 2 aromatic carbocycles. The average molecular weight is 536 g/mol. The van der Waals surface area contributed by atoms with Gasteiger partial charge in [-0.1, -0.05) is 30.3 Å². The first-order chi connectivity index (χ1) is 17.1. The van der Waals surface area contributed by atoms with Gasteiger partial charge in [0.1, 0.15) is 23.3 Å². The summed E-state index contributed by atoms with van der Waals surface area (Å²) in [6.07, 6.45) is 0. The molecule has 0 saturated carbocycles. The van der Waals surface area contributed by atoms with Crippen molar-refractivity contribution >= 4 is 33.5 Å². The maximum Gasteiger partial charge on any atom is 0.337 e. The third-order valence-electron chi connectivity index (χ3n) is 5.22. The summed E-state index contributed by atoms with van der Waals surface area (Å²) in [6.45, 7) is 7.39. The lowest BCUT2D eigenvalue weighted by Crippen LogP contribution is -2.64. The number of ether oxygens (including phenoxy) is 2. The molecule has 0 saturated heterocycles. The van der Waals surface area contributed by atoms with E-state index in [-0.39, 0.29) is 28.8 Å². The molecule has 37 heavy (non-hydrogen) atoms. The molecule has 2 unspecified atom stereocenters. The highest BCUT2D eigenvalue weighted by Crippen LogP contribution is 2.30. The maximum atomic E-state index is 13.6. The Labute approximate surface area is 216 Å². The highest BCUT2D eigenvalue weighted by atomic mass is 32.2. The molecule has 0 radical (unpaired) electrons. The van der Waals surface area contributed by atoms with E-state index < -0.39 is 39.1 Å². The Bertz CT molecular complexity index is 1240. The molecule has 12 heteroatoms. The molecule has 0 aliphatic heterocycles. The van der Waals surface area contributed by atoms with Crippen molar-refractivity contribution in [2.75, 3.05) is 12.4 Å². The number of carbonyl (C=O) groups excluding carboxylic acids is 2. The molecule has 0 aliphatic carbocycles. The highest BCUT2D eigenvalue weighted by molar-refractivity contribution is 7.89. The molecule has 2 amide bonds. The fraction of sp³-hybridized carbons (Fsp3) is 0.400. The first-order valence-electron chi connectivity index (χ1n) is 11.3. The lowest BCUT2D eigenvalue weighted by Gasteiger charge is -2.34. The third-order valence-corrected chi connectivity index (χ3v) is 6.69. The zero-order valence-corrected chi connectivity index (χ0v) is 22.4. The van der Waals surface area contributed by atoms with E-state index >= 15 is 0 Å². The number of hydrogen-bond donors (Lipinski definition) is 4. The van der Waals surface area contributed by atoms with E-state index in [1.807, 2.05) is 6.07 Å². The van der Waals surface area contributed by atoms with Gasteiger partial charge in [0, 0.05) is 31.3 Å². The molecule has 2 atom stereocenters. The lowest BCUT2D eigenvalue weighted by molar-refractivity contribution is -0.166. The second-order valence-corrected chi connectivity index (χ2v) is 11.2. The molecule has 0 spiro atoms. The van der Waals surface area contributed by atoms with Gasteiger partial charge in [-0.25, -0.2) is 13.2 Å². The van der Waals surface area contributed by atoms with Gasteiger partial charge in [-0.3, -0.25) is 9.59 Å². The van der Waals surface area contributed by atoms with Crippen LogP contribution in [0, 0.1) is 0 Å². The van der Waals surface area contributed by atoms with Crippen molar-refractivity contribution in [2.45, 2.75) is 63.3 Å². The fourth-order valence-electron chi connectivity index (χ4n) is 3.26. The predicted octanol–water partition coefficient (Wildman–Crippen LogP) is 2.28. The van der Waals surface area contributed by atoms with Crippen LogP contribution in [0.15, 0.2) is 53.4 Å². The standard InChI is InChI=1S/C25H33N3O8S/c1-16(29)26-18-12-13-20(19(14-18)36-15-17-10-8-7-9-11-17)37(33,34)28-21(22(30)27-24(2,3)4)25(5,35-6)23(31)32/h7-14,21,28H,15H2,1-6H3,(H,26,29)(H,27,30)(H,31,32). The van der Waals surface area contributed by atoms with Crippen LogP contribution in [0.4, 0.5) is 5.69 Å². The number of benzene rings is 2. The van der Waals surface area contributed by atoms with Gasteiger partial charge in [0.05, 0.1) is 0 Å². The minimum Gasteiger partial charge on any atom is -0.487 e. The molecule has 0 fully saturated rings. The Kier molecular flexibility index (Phi) is 9.42. The van der Waals surface area contributed by atoms with Crippen molar-refractivity contribution < 1.29 is 37.4 Å². The molecule has 2 aromatic rings. The van der Waals surface area contributed by atoms with Gasteiger partial charge >= 0.3 is 5.97 Å². The van der Waals surface area contributed by atoms with Gasteiger partial charge in [-0.15, -0.1) is 0 Å². The van der Waals surface area contributed by atoms with Gasteiger partial charge < -0.3 is 25.2 Å². The quantitative estimate of drug-likeness (QED) is 0.341. The Hall–Kier alpha value is -3.48. The van der Waals surface area contributed by atoms with Crippen molar-refractivity contribution in [1.82, 2.24) is 10.0 Å². The summed E-state index contributed by atoms with van der Waals surface area (Å²) in [6, 6.07) is 11.0. The van der Waals surface area contributed by atoms with E-state index in [1.54, 1.807) is 45.0 Å². The number of sulfonamides is 1. The third kappa shape index (κ3) is 8.00. The van der Waals surface area contributed by atoms with Gasteiger partial charge in [0.15, 0.2) is 5.60 Å². The number of carbonyl (C=O) groups is 3. The molecule has 0 heterocycles. The Balaban J connectivity index is 2.55. The second-order valence-electron chi connectivity index (χ2n) is 9.53. The summed E-state index contributed by atoms with van der Waals surface area (Å²) in [7, 11) is -3.49. The van der Waals surface area contributed by atoms with Crippen molar-refractivity contribution in [3.63, 3.8) is 0 Å². The number of methoxy groups -OCH3 is 1. The molecular weight excluding hydrogens is 502 g/mol. The van der Waals surface area contributed by atoms with Crippen LogP contribution < -0.4 is 20.1 Å². The van der Waals surface area contributed by atoms with E-state index in [0.717, 1.165) is 19.6 Å². The molecule has 0 aliphatic rings. The van der Waals surface area contributed by atoms with Crippen molar-refractivity contribution in [3.05, 3.63) is 54.1 Å². The van der Waals surface area contributed by atoms with Gasteiger partial charge in [-0.05, 0) is 45.4 Å². The Morgan fingerprint density at radius 3 is 2.16 bits per heavy atom. The Morgan fingerprint density at radius 1 is 1.03 bits per heavy atom. The number of carboxylic acids is 1. The largest absolute Gasteiger partial charge is 0.487 e. The molecule has 0 aromatic heterocycles. The Morgan fingerprint density at radius 2 is 1.65 bits per heavy atom. The maximum absolute atomic E-state index is 13.6. The van der Waals surface area contributed by atoms with Crippen molar-refractivity contribution in [3.8, 4) is 5.75 Å². The highest BCUT2D eigenvalue weighted by Gasteiger charge is 2.49. The van der Waals surface area contributed by atoms with Crippen LogP contribution >= 0.6 is 0 Å². The van der Waals surface area contributed by atoms with E-state index in [0.29, 0.717) is 0 Å². The van der Waals surface area contributed by atoms with E-state index in [1.165, 1.54) is 25.1 Å². The summed E-state index contributed by atoms with van der Waals surface area (Å²) in [4.78, 5) is 36.3. The van der Waals surface area contributed by atoms with E-state index in [4.69, 9.17) is 9.47 Å². The van der Waals surface area contributed by atoms with Gasteiger partial charge in [0.2, 0.25) is 21.8 Å². The van der Waals surface area contributed by atoms with E-state index in [2.05, 4.69) is 15.4 Å². The fourth-order valence-corrected chi connectivity index (χ4v) is 4.66. The minimum absolute atomic E-state index is 0.00569. The first-order valence-corrected chi connectivity index (χ1v) is 12.8. The van der Waals surface area contributed by atoms with Crippen LogP contribution in [0.3, 0.4) is 0 Å². The average Bonchev–Trinajstić information content (AvgIpc) is 2.79. The lowest BCUT2D eigenvalue weighted by atomic mass is 9.95. The monoisotopic (exact) mass is 535 g/mol. The minimum atomic E-state index is -4.56. The number of anilines is 1. The van der Waals surface area contributed by atoms with Crippen LogP contribution in [-0.4, -0.2) is 55.6 Å². The zero-order valence-electron chi connectivity index (χ0n) is 21.6. The number of carboxylic acid groups (broad SMARTS) is 1. The van der Waals surface area contributed by atoms with Gasteiger partial charge in [-0.2, -0.15) is 4.72 Å². The van der Waals surface area contributed by atoms with Crippen LogP contribution in [0.25, 0.3) is 0 Å². The smallest absolute Gasteiger partial charge is 0.337 e. The molecule has 0 bridgehead atoms. The molecule has 4 N–H and O–H groups in total. The van der Waals surface area contributed by atoms with Crippen LogP contribution in [-0.2, 0) is 35.8 Å². The summed E-state index contributed by atoms with van der Waals surface area (Å²) < 4.78 is 40.2. The number of amides is 2. The normalized spacial score (nSPS) is 14.2. The summed E-state index contributed by atoms with van der Waals surface area (Å²) >= 11 is 0. The predicted molar refractivity (Wildman–Crippen MR) is 137 cm³/mol. The number of nitrogens with one attached hydrogen (secondary N) is 3. The number of rotatable bonds is 11. The van der Waals surface area contributed by atoms with Crippen LogP contribution in [0.5, 0.6) is 5.75 Å². The summed E-state index contributed by atoms with van der Waals surface area (Å²) in [5.41, 5.74) is -2.01. The molecule has 2 rings (SSSR count). The number of aliphatic carboxylic acids is 1. The van der Waals surface area contributed by atoms with Gasteiger partial charge in [0.25, 0.3) is 0 Å². The zero-order chi connectivity index (χ0) is 28.0. The second kappa shape index (κ2) is 11.7. The van der Waals surface area contributed by atoms with E-state index in [9.17, 15) is 27.9 Å².